The fraction of sp³-hybridized carbons (Fsp3) is 0.722. The summed E-state index contributed by atoms with van der Waals surface area (Å²) in [6.07, 6.45) is 2.36. The largest absolute Gasteiger partial charge is 0.381 e. The summed E-state index contributed by atoms with van der Waals surface area (Å²) in [6, 6.07) is 4.34. The Morgan fingerprint density at radius 3 is 2.50 bits per heavy atom. The van der Waals surface area contributed by atoms with Gasteiger partial charge in [-0.25, -0.2) is 0 Å². The van der Waals surface area contributed by atoms with Crippen LogP contribution in [0.3, 0.4) is 0 Å². The average Bonchev–Trinajstić information content (AvgIpc) is 2.47. The second-order valence-corrected chi connectivity index (χ2v) is 6.75. The van der Waals surface area contributed by atoms with Crippen molar-refractivity contribution in [1.82, 2.24) is 9.88 Å². The van der Waals surface area contributed by atoms with E-state index in [1.165, 1.54) is 5.56 Å². The minimum Gasteiger partial charge on any atom is -0.381 e. The second-order valence-electron chi connectivity index (χ2n) is 6.75. The molecule has 2 heterocycles. The third kappa shape index (κ3) is 4.77. The Kier molecular flexibility index (Phi) is 6.36. The lowest BCUT2D eigenvalue weighted by molar-refractivity contribution is -0.0640. The lowest BCUT2D eigenvalue weighted by atomic mass is 10.0. The molecular weight excluding hydrogens is 276 g/mol. The number of ether oxygens (including phenoxy) is 2. The van der Waals surface area contributed by atoms with E-state index in [1.807, 2.05) is 0 Å². The third-order valence-electron chi connectivity index (χ3n) is 4.09. The lowest BCUT2D eigenvalue weighted by Gasteiger charge is -2.27. The van der Waals surface area contributed by atoms with Crippen LogP contribution >= 0.6 is 0 Å². The Morgan fingerprint density at radius 2 is 1.91 bits per heavy atom. The van der Waals surface area contributed by atoms with Crippen molar-refractivity contribution in [3.63, 3.8) is 0 Å². The number of rotatable bonds is 6. The molecule has 1 atom stereocenters. The molecule has 1 saturated heterocycles. The van der Waals surface area contributed by atoms with E-state index in [2.05, 4.69) is 51.9 Å². The monoisotopic (exact) mass is 306 g/mol. The Balaban J connectivity index is 2.16. The molecule has 0 unspecified atom stereocenters. The van der Waals surface area contributed by atoms with E-state index in [0.29, 0.717) is 12.0 Å². The van der Waals surface area contributed by atoms with E-state index in [-0.39, 0.29) is 6.10 Å². The standard InChI is InChI=1S/C18H30N2O2/c1-13(2)17-7-6-16(18(19-17)12-20(4)5)14(3)22-15-8-10-21-11-9-15/h6-7,13-15H,8-12H2,1-5H3/t14-/m1/s1. The number of aromatic nitrogens is 1. The van der Waals surface area contributed by atoms with E-state index in [0.717, 1.165) is 44.0 Å². The maximum atomic E-state index is 6.26. The molecule has 1 aliphatic heterocycles. The average molecular weight is 306 g/mol. The normalized spacial score (nSPS) is 18.1. The summed E-state index contributed by atoms with van der Waals surface area (Å²) in [5.41, 5.74) is 3.50. The number of hydrogen-bond acceptors (Lipinski definition) is 4. The van der Waals surface area contributed by atoms with Gasteiger partial charge in [0.25, 0.3) is 0 Å². The molecule has 2 rings (SSSR count). The van der Waals surface area contributed by atoms with E-state index < -0.39 is 0 Å². The topological polar surface area (TPSA) is 34.6 Å². The minimum absolute atomic E-state index is 0.0757. The molecule has 0 radical (unpaired) electrons. The first-order valence-corrected chi connectivity index (χ1v) is 8.35. The zero-order chi connectivity index (χ0) is 16.1. The number of pyridine rings is 1. The molecule has 0 aromatic carbocycles. The van der Waals surface area contributed by atoms with Crippen LogP contribution in [0.15, 0.2) is 12.1 Å². The van der Waals surface area contributed by atoms with E-state index in [1.54, 1.807) is 0 Å². The summed E-state index contributed by atoms with van der Waals surface area (Å²) in [5, 5.41) is 0. The van der Waals surface area contributed by atoms with E-state index >= 15 is 0 Å². The van der Waals surface area contributed by atoms with Gasteiger partial charge in [-0.15, -0.1) is 0 Å². The molecule has 0 bridgehead atoms. The predicted molar refractivity (Wildman–Crippen MR) is 89.1 cm³/mol. The molecule has 4 nitrogen and oxygen atoms in total. The van der Waals surface area contributed by atoms with Crippen molar-refractivity contribution >= 4 is 0 Å². The molecule has 1 aliphatic rings. The summed E-state index contributed by atoms with van der Waals surface area (Å²) < 4.78 is 11.7. The molecule has 22 heavy (non-hydrogen) atoms. The molecule has 4 heteroatoms. The highest BCUT2D eigenvalue weighted by atomic mass is 16.5. The molecule has 0 amide bonds. The van der Waals surface area contributed by atoms with Crippen LogP contribution in [0, 0.1) is 0 Å². The summed E-state index contributed by atoms with van der Waals surface area (Å²) in [6.45, 7) is 8.98. The Labute approximate surface area is 134 Å². The van der Waals surface area contributed by atoms with Crippen molar-refractivity contribution in [2.24, 2.45) is 0 Å². The summed E-state index contributed by atoms with van der Waals surface area (Å²) in [5.74, 6) is 0.446. The predicted octanol–water partition coefficient (Wildman–Crippen LogP) is 3.52. The molecule has 124 valence electrons. The smallest absolute Gasteiger partial charge is 0.0818 e. The quantitative estimate of drug-likeness (QED) is 0.805. The van der Waals surface area contributed by atoms with Crippen LogP contribution in [-0.4, -0.2) is 43.3 Å². The fourth-order valence-electron chi connectivity index (χ4n) is 2.82. The molecule has 1 aromatic heterocycles. The molecular formula is C18H30N2O2. The van der Waals surface area contributed by atoms with Gasteiger partial charge < -0.3 is 14.4 Å². The van der Waals surface area contributed by atoms with Crippen molar-refractivity contribution in [2.75, 3.05) is 27.3 Å². The molecule has 0 spiro atoms. The van der Waals surface area contributed by atoms with E-state index in [4.69, 9.17) is 14.5 Å². The fourth-order valence-corrected chi connectivity index (χ4v) is 2.82. The van der Waals surface area contributed by atoms with Gasteiger partial charge in [-0.2, -0.15) is 0 Å². The zero-order valence-corrected chi connectivity index (χ0v) is 14.6. The van der Waals surface area contributed by atoms with Gasteiger partial charge >= 0.3 is 0 Å². The number of nitrogens with zero attached hydrogens (tertiary/aromatic N) is 2. The summed E-state index contributed by atoms with van der Waals surface area (Å²) in [7, 11) is 4.16. The van der Waals surface area contributed by atoms with Crippen LogP contribution in [-0.2, 0) is 16.0 Å². The molecule has 1 aromatic rings. The van der Waals surface area contributed by atoms with Gasteiger partial charge in [0.2, 0.25) is 0 Å². The van der Waals surface area contributed by atoms with Crippen LogP contribution in [0.2, 0.25) is 0 Å². The van der Waals surface area contributed by atoms with Gasteiger partial charge in [0.1, 0.15) is 0 Å². The maximum Gasteiger partial charge on any atom is 0.0818 e. The van der Waals surface area contributed by atoms with Gasteiger partial charge in [-0.3, -0.25) is 4.98 Å². The second kappa shape index (κ2) is 8.04. The highest BCUT2D eigenvalue weighted by Gasteiger charge is 2.21. The Bertz CT molecular complexity index is 468. The highest BCUT2D eigenvalue weighted by Crippen LogP contribution is 2.27. The van der Waals surface area contributed by atoms with Crippen molar-refractivity contribution < 1.29 is 9.47 Å². The highest BCUT2D eigenvalue weighted by molar-refractivity contribution is 5.26. The van der Waals surface area contributed by atoms with Crippen LogP contribution in [0.1, 0.15) is 62.6 Å². The first kappa shape index (κ1) is 17.4. The number of hydrogen-bond donors (Lipinski definition) is 0. The third-order valence-corrected chi connectivity index (χ3v) is 4.09. The van der Waals surface area contributed by atoms with Gasteiger partial charge in [0.05, 0.1) is 17.9 Å². The Morgan fingerprint density at radius 1 is 1.23 bits per heavy atom. The van der Waals surface area contributed by atoms with Crippen LogP contribution in [0.5, 0.6) is 0 Å². The van der Waals surface area contributed by atoms with Crippen LogP contribution in [0.4, 0.5) is 0 Å². The van der Waals surface area contributed by atoms with Gasteiger partial charge in [0, 0.05) is 31.0 Å². The molecule has 0 N–H and O–H groups in total. The van der Waals surface area contributed by atoms with Crippen LogP contribution in [0.25, 0.3) is 0 Å². The SMILES string of the molecule is CC(C)c1ccc([C@@H](C)OC2CCOCC2)c(CN(C)C)n1. The van der Waals surface area contributed by atoms with Gasteiger partial charge in [-0.1, -0.05) is 19.9 Å². The first-order valence-electron chi connectivity index (χ1n) is 8.35. The molecule has 0 saturated carbocycles. The molecule has 1 fully saturated rings. The Hall–Kier alpha value is -0.970. The summed E-state index contributed by atoms with van der Waals surface area (Å²) >= 11 is 0. The summed E-state index contributed by atoms with van der Waals surface area (Å²) in [4.78, 5) is 7.04. The van der Waals surface area contributed by atoms with Crippen molar-refractivity contribution in [3.8, 4) is 0 Å². The van der Waals surface area contributed by atoms with Gasteiger partial charge in [0.15, 0.2) is 0 Å². The zero-order valence-electron chi connectivity index (χ0n) is 14.6. The lowest BCUT2D eigenvalue weighted by Crippen LogP contribution is -2.25. The van der Waals surface area contributed by atoms with Crippen LogP contribution < -0.4 is 0 Å². The minimum atomic E-state index is 0.0757. The maximum absolute atomic E-state index is 6.26. The van der Waals surface area contributed by atoms with Crippen molar-refractivity contribution in [3.05, 3.63) is 29.1 Å². The van der Waals surface area contributed by atoms with E-state index in [9.17, 15) is 0 Å². The van der Waals surface area contributed by atoms with Gasteiger partial charge in [-0.05, 0) is 45.8 Å². The first-order chi connectivity index (χ1) is 10.5. The molecule has 0 aliphatic carbocycles. The van der Waals surface area contributed by atoms with Crippen molar-refractivity contribution in [2.45, 2.75) is 58.3 Å². The van der Waals surface area contributed by atoms with Crippen molar-refractivity contribution in [1.29, 1.82) is 0 Å².